The van der Waals surface area contributed by atoms with Gasteiger partial charge in [-0.1, -0.05) is 54.1 Å². The van der Waals surface area contributed by atoms with Gasteiger partial charge in [0.05, 0.1) is 10.4 Å². The molecule has 0 amide bonds. The molecule has 0 aliphatic carbocycles. The van der Waals surface area contributed by atoms with Gasteiger partial charge < -0.3 is 5.11 Å². The topological polar surface area (TPSA) is 66.4 Å². The molecular weight excluding hydrogens is 354 g/mol. The Morgan fingerprint density at radius 2 is 1.83 bits per heavy atom. The van der Waals surface area contributed by atoms with Crippen LogP contribution >= 0.6 is 22.9 Å². The summed E-state index contributed by atoms with van der Waals surface area (Å²) >= 11 is 6.75. The molecule has 2 N–H and O–H groups in total. The third-order valence-corrected chi connectivity index (χ3v) is 6.61. The molecule has 0 aliphatic heterocycles. The highest BCUT2D eigenvalue weighted by Gasteiger charge is 2.19. The number of hydrogen-bond donors (Lipinski definition) is 2. The second-order valence-corrected chi connectivity index (χ2v) is 8.70. The second kappa shape index (κ2) is 6.59. The number of benzene rings is 2. The van der Waals surface area contributed by atoms with Crippen LogP contribution in [0.15, 0.2) is 58.8 Å². The number of aliphatic hydroxyl groups excluding tert-OH is 1. The van der Waals surface area contributed by atoms with Crippen LogP contribution in [0.4, 0.5) is 0 Å². The molecule has 120 valence electrons. The van der Waals surface area contributed by atoms with Crippen LogP contribution < -0.4 is 4.72 Å². The zero-order valence-corrected chi connectivity index (χ0v) is 14.3. The Labute approximate surface area is 143 Å². The summed E-state index contributed by atoms with van der Waals surface area (Å²) in [4.78, 5) is 0. The van der Waals surface area contributed by atoms with Gasteiger partial charge in [-0.05, 0) is 28.5 Å². The molecule has 0 saturated heterocycles. The van der Waals surface area contributed by atoms with E-state index in [9.17, 15) is 13.5 Å². The predicted molar refractivity (Wildman–Crippen MR) is 93.4 cm³/mol. The van der Waals surface area contributed by atoms with Crippen molar-refractivity contribution in [3.05, 3.63) is 64.5 Å². The maximum atomic E-state index is 12.2. The minimum Gasteiger partial charge on any atom is -0.387 e. The first-order valence-corrected chi connectivity index (χ1v) is 9.56. The third-order valence-electron chi connectivity index (χ3n) is 3.46. The minimum atomic E-state index is -3.67. The lowest BCUT2D eigenvalue weighted by molar-refractivity contribution is 0.183. The molecule has 23 heavy (non-hydrogen) atoms. The number of halogens is 1. The number of aliphatic hydroxyl groups is 1. The second-order valence-electron chi connectivity index (χ2n) is 4.99. The zero-order valence-electron chi connectivity index (χ0n) is 11.9. The summed E-state index contributed by atoms with van der Waals surface area (Å²) in [6.07, 6.45) is -0.939. The van der Waals surface area contributed by atoms with Crippen LogP contribution in [-0.4, -0.2) is 20.1 Å². The monoisotopic (exact) mass is 367 g/mol. The van der Waals surface area contributed by atoms with E-state index >= 15 is 0 Å². The number of sulfonamides is 1. The Morgan fingerprint density at radius 1 is 1.09 bits per heavy atom. The summed E-state index contributed by atoms with van der Waals surface area (Å²) in [5.41, 5.74) is 0.690. The van der Waals surface area contributed by atoms with Gasteiger partial charge in [-0.15, -0.1) is 11.3 Å². The average Bonchev–Trinajstić information content (AvgIpc) is 2.99. The van der Waals surface area contributed by atoms with Crippen LogP contribution in [0.2, 0.25) is 4.34 Å². The van der Waals surface area contributed by atoms with Crippen molar-refractivity contribution in [1.29, 1.82) is 0 Å². The fraction of sp³-hybridized carbons (Fsp3) is 0.125. The van der Waals surface area contributed by atoms with Crippen LogP contribution in [0.3, 0.4) is 0 Å². The van der Waals surface area contributed by atoms with Gasteiger partial charge in [-0.2, -0.15) is 0 Å². The van der Waals surface area contributed by atoms with Gasteiger partial charge >= 0.3 is 0 Å². The lowest BCUT2D eigenvalue weighted by atomic mass is 10.0. The van der Waals surface area contributed by atoms with E-state index in [1.165, 1.54) is 12.1 Å². The van der Waals surface area contributed by atoms with E-state index in [-0.39, 0.29) is 10.8 Å². The summed E-state index contributed by atoms with van der Waals surface area (Å²) < 4.78 is 27.3. The molecule has 2 aromatic carbocycles. The van der Waals surface area contributed by atoms with Crippen LogP contribution in [0, 0.1) is 0 Å². The van der Waals surface area contributed by atoms with Crippen molar-refractivity contribution in [1.82, 2.24) is 4.72 Å². The van der Waals surface area contributed by atoms with E-state index in [0.29, 0.717) is 9.90 Å². The van der Waals surface area contributed by atoms with Crippen molar-refractivity contribution >= 4 is 43.7 Å². The SMILES string of the molecule is O=S(=O)(NC[C@@H](O)c1cccc2ccccc12)c1ccc(Cl)s1. The van der Waals surface area contributed by atoms with Crippen LogP contribution in [0.1, 0.15) is 11.7 Å². The predicted octanol–water partition coefficient (Wildman–Crippen LogP) is 3.57. The lowest BCUT2D eigenvalue weighted by Crippen LogP contribution is -2.28. The van der Waals surface area contributed by atoms with Crippen molar-refractivity contribution in [2.75, 3.05) is 6.54 Å². The van der Waals surface area contributed by atoms with E-state index in [1.807, 2.05) is 36.4 Å². The Kier molecular flexibility index (Phi) is 4.70. The smallest absolute Gasteiger partial charge is 0.250 e. The fourth-order valence-corrected chi connectivity index (χ4v) is 4.92. The Balaban J connectivity index is 1.80. The molecule has 3 aromatic rings. The van der Waals surface area contributed by atoms with Crippen molar-refractivity contribution in [2.45, 2.75) is 10.3 Å². The van der Waals surface area contributed by atoms with Crippen LogP contribution in [0.25, 0.3) is 10.8 Å². The van der Waals surface area contributed by atoms with Crippen LogP contribution in [-0.2, 0) is 10.0 Å². The maximum absolute atomic E-state index is 12.2. The fourth-order valence-electron chi connectivity index (χ4n) is 2.35. The molecule has 0 unspecified atom stereocenters. The summed E-state index contributed by atoms with van der Waals surface area (Å²) in [5, 5.41) is 12.3. The molecule has 0 spiro atoms. The molecule has 0 fully saturated rings. The van der Waals surface area contributed by atoms with E-state index in [4.69, 9.17) is 11.6 Å². The highest BCUT2D eigenvalue weighted by Crippen LogP contribution is 2.27. The molecule has 3 rings (SSSR count). The normalized spacial score (nSPS) is 13.3. The first kappa shape index (κ1) is 16.4. The maximum Gasteiger partial charge on any atom is 0.250 e. The molecule has 4 nitrogen and oxygen atoms in total. The number of thiophene rings is 1. The van der Waals surface area contributed by atoms with Crippen molar-refractivity contribution < 1.29 is 13.5 Å². The Morgan fingerprint density at radius 3 is 2.57 bits per heavy atom. The number of nitrogens with one attached hydrogen (secondary N) is 1. The van der Waals surface area contributed by atoms with Gasteiger partial charge in [-0.25, -0.2) is 13.1 Å². The molecule has 1 aromatic heterocycles. The molecule has 0 saturated carbocycles. The first-order valence-electron chi connectivity index (χ1n) is 6.88. The van der Waals surface area contributed by atoms with E-state index in [1.54, 1.807) is 6.07 Å². The van der Waals surface area contributed by atoms with Gasteiger partial charge in [0.2, 0.25) is 10.0 Å². The Hall–Kier alpha value is -1.44. The number of rotatable bonds is 5. The number of fused-ring (bicyclic) bond motifs is 1. The van der Waals surface area contributed by atoms with Crippen molar-refractivity contribution in [2.24, 2.45) is 0 Å². The molecular formula is C16H14ClNO3S2. The Bertz CT molecular complexity index is 932. The van der Waals surface area contributed by atoms with Gasteiger partial charge in [0.15, 0.2) is 0 Å². The van der Waals surface area contributed by atoms with E-state index in [2.05, 4.69) is 4.72 Å². The van der Waals surface area contributed by atoms with Gasteiger partial charge in [0.1, 0.15) is 4.21 Å². The van der Waals surface area contributed by atoms with Crippen molar-refractivity contribution in [3.63, 3.8) is 0 Å². The summed E-state index contributed by atoms with van der Waals surface area (Å²) in [7, 11) is -3.67. The first-order chi connectivity index (χ1) is 11.0. The zero-order chi connectivity index (χ0) is 16.4. The summed E-state index contributed by atoms with van der Waals surface area (Å²) in [6.45, 7) is -0.105. The molecule has 1 atom stereocenters. The van der Waals surface area contributed by atoms with Gasteiger partial charge in [0, 0.05) is 6.54 Å². The standard InChI is InChI=1S/C16H14ClNO3S2/c17-15-8-9-16(22-15)23(20,21)18-10-14(19)13-7-3-5-11-4-1-2-6-12(11)13/h1-9,14,18-19H,10H2/t14-/m1/s1. The largest absolute Gasteiger partial charge is 0.387 e. The summed E-state index contributed by atoms with van der Waals surface area (Å²) in [6, 6.07) is 16.2. The van der Waals surface area contributed by atoms with Gasteiger partial charge in [0.25, 0.3) is 0 Å². The highest BCUT2D eigenvalue weighted by atomic mass is 35.5. The van der Waals surface area contributed by atoms with E-state index in [0.717, 1.165) is 22.1 Å². The number of hydrogen-bond acceptors (Lipinski definition) is 4. The van der Waals surface area contributed by atoms with Gasteiger partial charge in [-0.3, -0.25) is 0 Å². The van der Waals surface area contributed by atoms with Crippen LogP contribution in [0.5, 0.6) is 0 Å². The summed E-state index contributed by atoms with van der Waals surface area (Å²) in [5.74, 6) is 0. The quantitative estimate of drug-likeness (QED) is 0.724. The van der Waals surface area contributed by atoms with Crippen molar-refractivity contribution in [3.8, 4) is 0 Å². The average molecular weight is 368 g/mol. The molecule has 7 heteroatoms. The molecule has 0 aliphatic rings. The molecule has 1 heterocycles. The molecule has 0 radical (unpaired) electrons. The third kappa shape index (κ3) is 3.57. The minimum absolute atomic E-state index is 0.105. The van der Waals surface area contributed by atoms with E-state index < -0.39 is 16.1 Å². The highest BCUT2D eigenvalue weighted by molar-refractivity contribution is 7.91. The molecule has 0 bridgehead atoms. The lowest BCUT2D eigenvalue weighted by Gasteiger charge is -2.14.